The molecule has 1 heterocycles. The molecule has 0 unspecified atom stereocenters. The zero-order valence-electron chi connectivity index (χ0n) is 10.4. The molecule has 1 aromatic carbocycles. The molecule has 1 fully saturated rings. The molecule has 0 N–H and O–H groups in total. The first-order valence-electron chi connectivity index (χ1n) is 5.84. The summed E-state index contributed by atoms with van der Waals surface area (Å²) >= 11 is 2.00. The number of nitrogens with zero attached hydrogens (tertiary/aromatic N) is 1. The van der Waals surface area contributed by atoms with Gasteiger partial charge in [-0.2, -0.15) is 0 Å². The van der Waals surface area contributed by atoms with Crippen molar-refractivity contribution in [3.05, 3.63) is 30.3 Å². The summed E-state index contributed by atoms with van der Waals surface area (Å²) in [4.78, 5) is 2.41. The Kier molecular flexibility index (Phi) is 135. The van der Waals surface area contributed by atoms with E-state index in [-0.39, 0.29) is 66.8 Å². The van der Waals surface area contributed by atoms with Crippen LogP contribution in [0.3, 0.4) is 0 Å². The van der Waals surface area contributed by atoms with Crippen LogP contribution in [0.15, 0.2) is 30.3 Å². The minimum absolute atomic E-state index is 0. The van der Waals surface area contributed by atoms with Gasteiger partial charge in [0.25, 0.3) is 0 Å². The number of hydrogen-bond acceptors (Lipinski definition) is 2. The SMILES string of the molecule is C.C.C.C.C.C.C.C.C.CC.CC.c1ccc(N2CCSC2)cc1. The van der Waals surface area contributed by atoms with Gasteiger partial charge in [-0.15, -0.1) is 11.8 Å². The fourth-order valence-electron chi connectivity index (χ4n) is 1.26. The molecule has 0 atom stereocenters. The third-order valence-corrected chi connectivity index (χ3v) is 2.84. The highest BCUT2D eigenvalue weighted by molar-refractivity contribution is 7.99. The lowest BCUT2D eigenvalue weighted by molar-refractivity contribution is 0.994. The molecule has 0 aliphatic carbocycles. The third kappa shape index (κ3) is 26.3. The van der Waals surface area contributed by atoms with Crippen LogP contribution in [0, 0.1) is 0 Å². The maximum atomic E-state index is 2.41. The normalized spacial score (nSPS) is 8.42. The van der Waals surface area contributed by atoms with Crippen molar-refractivity contribution in [2.75, 3.05) is 23.1 Å². The van der Waals surface area contributed by atoms with Crippen LogP contribution in [0.25, 0.3) is 0 Å². The average molecular weight is 370 g/mol. The Morgan fingerprint density at radius 2 is 1.04 bits per heavy atom. The average Bonchev–Trinajstić information content (AvgIpc) is 2.89. The fourth-order valence-corrected chi connectivity index (χ4v) is 2.23. The number of hydrogen-bond donors (Lipinski definition) is 0. The monoisotopic (exact) mass is 369 g/mol. The van der Waals surface area contributed by atoms with Crippen molar-refractivity contribution in [2.45, 2.75) is 94.5 Å². The topological polar surface area (TPSA) is 3.24 Å². The minimum atomic E-state index is 0. The minimum Gasteiger partial charge on any atom is -0.361 e. The summed E-state index contributed by atoms with van der Waals surface area (Å²) < 4.78 is 0. The second kappa shape index (κ2) is 49.5. The zero-order chi connectivity index (χ0) is 11.5. The summed E-state index contributed by atoms with van der Waals surface area (Å²) in [7, 11) is 0. The van der Waals surface area contributed by atoms with Gasteiger partial charge in [-0.3, -0.25) is 0 Å². The Bertz CT molecular complexity index is 219. The van der Waals surface area contributed by atoms with Crippen LogP contribution in [0.5, 0.6) is 0 Å². The van der Waals surface area contributed by atoms with Crippen molar-refractivity contribution >= 4 is 17.4 Å². The van der Waals surface area contributed by atoms with Gasteiger partial charge in [0.05, 0.1) is 5.88 Å². The van der Waals surface area contributed by atoms with E-state index in [1.807, 2.05) is 39.5 Å². The van der Waals surface area contributed by atoms with Crippen LogP contribution in [0.1, 0.15) is 94.5 Å². The van der Waals surface area contributed by atoms with Gasteiger partial charge in [0, 0.05) is 18.0 Å². The molecule has 0 bridgehead atoms. The van der Waals surface area contributed by atoms with Crippen molar-refractivity contribution < 1.29 is 0 Å². The van der Waals surface area contributed by atoms with Gasteiger partial charge in [-0.1, -0.05) is 113 Å². The molecular formula is C22H59NS. The Balaban J connectivity index is -0.0000000177. The van der Waals surface area contributed by atoms with E-state index in [0.717, 1.165) is 5.88 Å². The molecule has 0 radical (unpaired) electrons. The van der Waals surface area contributed by atoms with E-state index in [1.165, 1.54) is 18.0 Å². The van der Waals surface area contributed by atoms with Crippen LogP contribution in [0.4, 0.5) is 5.69 Å². The first kappa shape index (κ1) is 65.4. The summed E-state index contributed by atoms with van der Waals surface area (Å²) in [5.74, 6) is 2.43. The van der Waals surface area contributed by atoms with E-state index >= 15 is 0 Å². The standard InChI is InChI=1S/C9H11NS.2C2H6.9CH4/c1-2-4-9(5-3-1)10-6-7-11-8-10;2*1-2;;;;;;;;;/h1-5H,6-8H2;2*1-2H3;9*1H4. The van der Waals surface area contributed by atoms with E-state index in [2.05, 4.69) is 35.2 Å². The third-order valence-electron chi connectivity index (χ3n) is 1.87. The summed E-state index contributed by atoms with van der Waals surface area (Å²) in [5, 5.41) is 0. The Labute approximate surface area is 165 Å². The van der Waals surface area contributed by atoms with E-state index < -0.39 is 0 Å². The predicted octanol–water partition coefficient (Wildman–Crippen LogP) is 9.97. The fraction of sp³-hybridized carbons (Fsp3) is 0.727. The molecule has 1 aliphatic rings. The van der Waals surface area contributed by atoms with E-state index in [1.54, 1.807) is 0 Å². The van der Waals surface area contributed by atoms with Crippen LogP contribution >= 0.6 is 11.8 Å². The van der Waals surface area contributed by atoms with E-state index in [0.29, 0.717) is 0 Å². The number of anilines is 1. The van der Waals surface area contributed by atoms with Gasteiger partial charge in [-0.05, 0) is 12.1 Å². The molecular weight excluding hydrogens is 310 g/mol. The highest BCUT2D eigenvalue weighted by Crippen LogP contribution is 2.21. The predicted molar refractivity (Wildman–Crippen MR) is 134 cm³/mol. The quantitative estimate of drug-likeness (QED) is 0.484. The van der Waals surface area contributed by atoms with Crippen molar-refractivity contribution in [2.24, 2.45) is 0 Å². The van der Waals surface area contributed by atoms with Crippen molar-refractivity contribution in [1.29, 1.82) is 0 Å². The molecule has 0 saturated carbocycles. The largest absolute Gasteiger partial charge is 0.361 e. The molecule has 1 nitrogen and oxygen atoms in total. The molecule has 1 aliphatic heterocycles. The van der Waals surface area contributed by atoms with Gasteiger partial charge in [0.2, 0.25) is 0 Å². The van der Waals surface area contributed by atoms with Crippen LogP contribution in [-0.4, -0.2) is 18.2 Å². The highest BCUT2D eigenvalue weighted by Gasteiger charge is 2.10. The van der Waals surface area contributed by atoms with Crippen LogP contribution in [-0.2, 0) is 0 Å². The number of thioether (sulfide) groups is 1. The number of benzene rings is 1. The Morgan fingerprint density at radius 3 is 1.33 bits per heavy atom. The molecule has 0 amide bonds. The van der Waals surface area contributed by atoms with Gasteiger partial charge in [0.1, 0.15) is 0 Å². The molecule has 158 valence electrons. The molecule has 0 spiro atoms. The van der Waals surface area contributed by atoms with Crippen molar-refractivity contribution in [3.63, 3.8) is 0 Å². The molecule has 0 aromatic heterocycles. The van der Waals surface area contributed by atoms with Crippen LogP contribution < -0.4 is 4.90 Å². The molecule has 2 rings (SSSR count). The lowest BCUT2D eigenvalue weighted by atomic mass is 10.3. The summed E-state index contributed by atoms with van der Waals surface area (Å²) in [6, 6.07) is 10.6. The van der Waals surface area contributed by atoms with Crippen molar-refractivity contribution in [3.8, 4) is 0 Å². The lowest BCUT2D eigenvalue weighted by Crippen LogP contribution is -2.17. The smallest absolute Gasteiger partial charge is 0.0640 e. The number of rotatable bonds is 1. The lowest BCUT2D eigenvalue weighted by Gasteiger charge is -2.15. The summed E-state index contributed by atoms with van der Waals surface area (Å²) in [6.45, 7) is 9.20. The van der Waals surface area contributed by atoms with Crippen molar-refractivity contribution in [1.82, 2.24) is 0 Å². The molecule has 24 heavy (non-hydrogen) atoms. The van der Waals surface area contributed by atoms with Gasteiger partial charge >= 0.3 is 0 Å². The molecule has 1 aromatic rings. The maximum Gasteiger partial charge on any atom is 0.0640 e. The summed E-state index contributed by atoms with van der Waals surface area (Å²) in [6.07, 6.45) is 0. The van der Waals surface area contributed by atoms with Gasteiger partial charge in [0.15, 0.2) is 0 Å². The second-order valence-electron chi connectivity index (χ2n) is 2.64. The van der Waals surface area contributed by atoms with E-state index in [9.17, 15) is 0 Å². The summed E-state index contributed by atoms with van der Waals surface area (Å²) in [5.41, 5.74) is 1.36. The van der Waals surface area contributed by atoms with E-state index in [4.69, 9.17) is 0 Å². The first-order chi connectivity index (χ1) is 7.47. The van der Waals surface area contributed by atoms with Gasteiger partial charge < -0.3 is 4.90 Å². The second-order valence-corrected chi connectivity index (χ2v) is 3.71. The highest BCUT2D eigenvalue weighted by atomic mass is 32.2. The first-order valence-corrected chi connectivity index (χ1v) is 7.00. The maximum absolute atomic E-state index is 2.41. The van der Waals surface area contributed by atoms with Crippen LogP contribution in [0.2, 0.25) is 0 Å². The molecule has 1 saturated heterocycles. The molecule has 2 heteroatoms. The number of para-hydroxylation sites is 1. The Hall–Kier alpha value is -0.630. The zero-order valence-corrected chi connectivity index (χ0v) is 11.2. The van der Waals surface area contributed by atoms with Gasteiger partial charge in [-0.25, -0.2) is 0 Å². The Morgan fingerprint density at radius 1 is 0.667 bits per heavy atom.